The van der Waals surface area contributed by atoms with Crippen molar-refractivity contribution >= 4 is 0 Å². The van der Waals surface area contributed by atoms with Gasteiger partial charge >= 0.3 is 0 Å². The second-order valence-corrected chi connectivity index (χ2v) is 8.19. The minimum Gasteiger partial charge on any atom is -0.394 e. The van der Waals surface area contributed by atoms with Crippen molar-refractivity contribution in [2.75, 3.05) is 19.7 Å². The van der Waals surface area contributed by atoms with Gasteiger partial charge in [-0.1, -0.05) is 0 Å². The van der Waals surface area contributed by atoms with Crippen LogP contribution in [0.2, 0.25) is 0 Å². The van der Waals surface area contributed by atoms with Crippen molar-refractivity contribution in [1.29, 1.82) is 0 Å². The van der Waals surface area contributed by atoms with E-state index >= 15 is 4.39 Å². The lowest BCUT2D eigenvalue weighted by Gasteiger charge is -2.40. The molecule has 4 N–H and O–H groups in total. The molecule has 1 aromatic rings. The average molecular weight is 386 g/mol. The number of alkyl halides is 1. The summed E-state index contributed by atoms with van der Waals surface area (Å²) in [4.78, 5) is 5.89. The van der Waals surface area contributed by atoms with Gasteiger partial charge < -0.3 is 25.2 Å². The number of aliphatic hydroxyl groups is 4. The van der Waals surface area contributed by atoms with E-state index in [0.717, 1.165) is 0 Å². The van der Waals surface area contributed by atoms with Gasteiger partial charge in [0.05, 0.1) is 17.9 Å². The molecule has 1 aliphatic heterocycles. The minimum atomic E-state index is -1.64. The van der Waals surface area contributed by atoms with Crippen LogP contribution in [0.3, 0.4) is 0 Å². The van der Waals surface area contributed by atoms with E-state index in [1.165, 1.54) is 6.20 Å². The first-order valence-electron chi connectivity index (χ1n) is 9.20. The first-order chi connectivity index (χ1) is 12.5. The first-order valence-corrected chi connectivity index (χ1v) is 9.20. The summed E-state index contributed by atoms with van der Waals surface area (Å²) >= 11 is 0. The predicted octanol–water partition coefficient (Wildman–Crippen LogP) is 1.13. The third-order valence-corrected chi connectivity index (χ3v) is 4.78. The van der Waals surface area contributed by atoms with Crippen molar-refractivity contribution in [3.8, 4) is 0 Å². The molecule has 27 heavy (non-hydrogen) atoms. The highest BCUT2D eigenvalue weighted by Crippen LogP contribution is 2.38. The lowest BCUT2D eigenvalue weighted by Crippen LogP contribution is -2.48. The molecule has 2 rings (SSSR count). The Morgan fingerprint density at radius 3 is 2.33 bits per heavy atom. The zero-order chi connectivity index (χ0) is 20.4. The van der Waals surface area contributed by atoms with Crippen LogP contribution in [-0.2, 0) is 10.4 Å². The van der Waals surface area contributed by atoms with Gasteiger partial charge in [-0.3, -0.25) is 9.88 Å². The van der Waals surface area contributed by atoms with Crippen LogP contribution in [-0.4, -0.2) is 68.1 Å². The Kier molecular flexibility index (Phi) is 6.94. The number of halogens is 1. The van der Waals surface area contributed by atoms with Crippen molar-refractivity contribution in [3.63, 3.8) is 0 Å². The van der Waals surface area contributed by atoms with Crippen LogP contribution >= 0.6 is 0 Å². The first kappa shape index (κ1) is 22.1. The van der Waals surface area contributed by atoms with Crippen molar-refractivity contribution in [1.82, 2.24) is 9.88 Å². The van der Waals surface area contributed by atoms with Gasteiger partial charge in [0, 0.05) is 37.7 Å². The molecule has 0 radical (unpaired) electrons. The van der Waals surface area contributed by atoms with E-state index in [4.69, 9.17) is 9.84 Å². The lowest BCUT2D eigenvalue weighted by atomic mass is 9.87. The Morgan fingerprint density at radius 1 is 1.26 bits per heavy atom. The van der Waals surface area contributed by atoms with Gasteiger partial charge in [0.2, 0.25) is 6.41 Å². The average Bonchev–Trinajstić information content (AvgIpc) is 2.59. The van der Waals surface area contributed by atoms with E-state index in [2.05, 4.69) is 4.98 Å². The molecule has 3 atom stereocenters. The smallest absolute Gasteiger partial charge is 0.216 e. The molecule has 0 bridgehead atoms. The number of nitrogens with zero attached hydrogens (tertiary/aromatic N) is 2. The second-order valence-electron chi connectivity index (χ2n) is 8.19. The van der Waals surface area contributed by atoms with E-state index in [-0.39, 0.29) is 12.8 Å². The van der Waals surface area contributed by atoms with Gasteiger partial charge in [0.15, 0.2) is 5.67 Å². The SMILES string of the molecule is Cc1cc([C@H](O)[C@@H](O)CO)cnc1C1(F)CCN(C(O)OC(C)(C)C)CC1. The van der Waals surface area contributed by atoms with E-state index in [0.29, 0.717) is 29.9 Å². The van der Waals surface area contributed by atoms with Crippen molar-refractivity contribution < 1.29 is 29.6 Å². The van der Waals surface area contributed by atoms with Crippen LogP contribution in [0.15, 0.2) is 12.3 Å². The Morgan fingerprint density at radius 2 is 1.85 bits per heavy atom. The molecule has 7 nitrogen and oxygen atoms in total. The maximum absolute atomic E-state index is 15.5. The van der Waals surface area contributed by atoms with Crippen LogP contribution in [0.5, 0.6) is 0 Å². The quantitative estimate of drug-likeness (QED) is 0.543. The summed E-state index contributed by atoms with van der Waals surface area (Å²) in [6.45, 7) is 7.30. The number of piperidine rings is 1. The normalized spacial score (nSPS) is 21.7. The minimum absolute atomic E-state index is 0.159. The summed E-state index contributed by atoms with van der Waals surface area (Å²) in [6, 6.07) is 1.58. The number of pyridine rings is 1. The summed E-state index contributed by atoms with van der Waals surface area (Å²) in [6.07, 6.45) is -2.03. The van der Waals surface area contributed by atoms with Crippen LogP contribution in [0.4, 0.5) is 4.39 Å². The highest BCUT2D eigenvalue weighted by molar-refractivity contribution is 5.30. The molecule has 2 heterocycles. The summed E-state index contributed by atoms with van der Waals surface area (Å²) < 4.78 is 21.1. The molecule has 0 amide bonds. The maximum atomic E-state index is 15.5. The fourth-order valence-corrected chi connectivity index (χ4v) is 3.28. The van der Waals surface area contributed by atoms with Crippen molar-refractivity contribution in [2.24, 2.45) is 0 Å². The molecular weight excluding hydrogens is 355 g/mol. The predicted molar refractivity (Wildman–Crippen MR) is 97.5 cm³/mol. The molecule has 1 unspecified atom stereocenters. The topological polar surface area (TPSA) is 106 Å². The lowest BCUT2D eigenvalue weighted by molar-refractivity contribution is -0.246. The molecule has 1 fully saturated rings. The van der Waals surface area contributed by atoms with Crippen LogP contribution in [0.1, 0.15) is 56.5 Å². The molecule has 0 spiro atoms. The number of hydrogen-bond acceptors (Lipinski definition) is 7. The highest BCUT2D eigenvalue weighted by atomic mass is 19.1. The number of aromatic nitrogens is 1. The molecule has 8 heteroatoms. The molecule has 1 aromatic heterocycles. The fourth-order valence-electron chi connectivity index (χ4n) is 3.28. The second kappa shape index (κ2) is 8.46. The largest absolute Gasteiger partial charge is 0.394 e. The Balaban J connectivity index is 2.08. The van der Waals surface area contributed by atoms with E-state index in [1.807, 2.05) is 20.8 Å². The fraction of sp³-hybridized carbons (Fsp3) is 0.737. The third kappa shape index (κ3) is 5.43. The number of rotatable bonds is 6. The maximum Gasteiger partial charge on any atom is 0.216 e. The number of aliphatic hydroxyl groups excluding tert-OH is 4. The summed E-state index contributed by atoms with van der Waals surface area (Å²) in [7, 11) is 0. The molecule has 1 saturated heterocycles. The van der Waals surface area contributed by atoms with E-state index in [1.54, 1.807) is 17.9 Å². The summed E-state index contributed by atoms with van der Waals surface area (Å²) in [5.41, 5.74) is -0.951. The summed E-state index contributed by atoms with van der Waals surface area (Å²) in [5, 5.41) is 38.7. The zero-order valence-corrected chi connectivity index (χ0v) is 16.4. The van der Waals surface area contributed by atoms with Crippen LogP contribution in [0.25, 0.3) is 0 Å². The van der Waals surface area contributed by atoms with Gasteiger partial charge in [-0.25, -0.2) is 4.39 Å². The van der Waals surface area contributed by atoms with E-state index in [9.17, 15) is 15.3 Å². The molecule has 0 saturated carbocycles. The van der Waals surface area contributed by atoms with Gasteiger partial charge in [-0.15, -0.1) is 0 Å². The van der Waals surface area contributed by atoms with Crippen molar-refractivity contribution in [2.45, 2.75) is 70.4 Å². The number of hydrogen-bond donors (Lipinski definition) is 4. The van der Waals surface area contributed by atoms with Crippen molar-refractivity contribution in [3.05, 3.63) is 29.1 Å². The van der Waals surface area contributed by atoms with Gasteiger partial charge in [0.25, 0.3) is 0 Å². The van der Waals surface area contributed by atoms with E-state index < -0.39 is 36.5 Å². The zero-order valence-electron chi connectivity index (χ0n) is 16.4. The number of likely N-dealkylation sites (tertiary alicyclic amines) is 1. The number of aryl methyl sites for hydroxylation is 1. The Hall–Kier alpha value is -1.16. The Labute approximate surface area is 159 Å². The number of ether oxygens (including phenoxy) is 1. The molecule has 154 valence electrons. The molecule has 0 aromatic carbocycles. The highest BCUT2D eigenvalue weighted by Gasteiger charge is 2.40. The monoisotopic (exact) mass is 386 g/mol. The van der Waals surface area contributed by atoms with Gasteiger partial charge in [-0.2, -0.15) is 0 Å². The molecular formula is C19H31FN2O5. The van der Waals surface area contributed by atoms with Gasteiger partial charge in [0.1, 0.15) is 12.2 Å². The van der Waals surface area contributed by atoms with Gasteiger partial charge in [-0.05, 0) is 39.3 Å². The van der Waals surface area contributed by atoms with Crippen LogP contribution < -0.4 is 0 Å². The molecule has 1 aliphatic rings. The van der Waals surface area contributed by atoms with Crippen LogP contribution in [0, 0.1) is 6.92 Å². The molecule has 0 aliphatic carbocycles. The third-order valence-electron chi connectivity index (χ3n) is 4.78. The Bertz CT molecular complexity index is 629. The summed E-state index contributed by atoms with van der Waals surface area (Å²) in [5.74, 6) is 0. The standard InChI is InChI=1S/C19H31FN2O5/c1-12-9-13(15(25)14(24)11-23)10-21-16(12)19(20)5-7-22(8-6-19)17(26)27-18(2,3)4/h9-10,14-15,17,23-26H,5-8,11H2,1-4H3/t14-,15-,17?/m0/s1.